The number of benzene rings is 1. The van der Waals surface area contributed by atoms with Gasteiger partial charge >= 0.3 is 5.69 Å². The minimum absolute atomic E-state index is 0.394. The van der Waals surface area contributed by atoms with Gasteiger partial charge < -0.3 is 4.90 Å². The zero-order valence-electron chi connectivity index (χ0n) is 10.6. The van der Waals surface area contributed by atoms with Crippen LogP contribution in [0, 0.1) is 15.9 Å². The van der Waals surface area contributed by atoms with Crippen molar-refractivity contribution in [1.29, 1.82) is 0 Å². The molecule has 5 nitrogen and oxygen atoms in total. The van der Waals surface area contributed by atoms with Crippen LogP contribution in [0.3, 0.4) is 0 Å². The van der Waals surface area contributed by atoms with Crippen LogP contribution in [0.1, 0.15) is 12.8 Å². The van der Waals surface area contributed by atoms with Gasteiger partial charge in [0.05, 0.1) is 4.92 Å². The first kappa shape index (κ1) is 12.3. The highest BCUT2D eigenvalue weighted by Gasteiger charge is 2.33. The lowest BCUT2D eigenvalue weighted by Gasteiger charge is -2.38. The van der Waals surface area contributed by atoms with Crippen LogP contribution >= 0.6 is 0 Å². The SMILES string of the molecule is O=[N+]([O-])c1c(F)cccc1N1CCN2CCCC2C1. The first-order valence-corrected chi connectivity index (χ1v) is 6.58. The summed E-state index contributed by atoms with van der Waals surface area (Å²) in [6.07, 6.45) is 2.31. The number of nitro benzene ring substituents is 1. The Morgan fingerprint density at radius 3 is 2.95 bits per heavy atom. The lowest BCUT2D eigenvalue weighted by atomic mass is 10.1. The summed E-state index contributed by atoms with van der Waals surface area (Å²) in [5.41, 5.74) is 0.0190. The predicted molar refractivity (Wildman–Crippen MR) is 69.9 cm³/mol. The lowest BCUT2D eigenvalue weighted by molar-refractivity contribution is -0.386. The van der Waals surface area contributed by atoms with Gasteiger partial charge in [-0.1, -0.05) is 6.07 Å². The molecule has 2 saturated heterocycles. The smallest absolute Gasteiger partial charge is 0.327 e. The van der Waals surface area contributed by atoms with Crippen molar-refractivity contribution in [2.24, 2.45) is 0 Å². The molecule has 2 aliphatic rings. The van der Waals surface area contributed by atoms with E-state index >= 15 is 0 Å². The van der Waals surface area contributed by atoms with Gasteiger partial charge in [-0.05, 0) is 31.5 Å². The van der Waals surface area contributed by atoms with E-state index in [-0.39, 0.29) is 0 Å². The van der Waals surface area contributed by atoms with Crippen molar-refractivity contribution in [3.8, 4) is 0 Å². The summed E-state index contributed by atoms with van der Waals surface area (Å²) >= 11 is 0. The van der Waals surface area contributed by atoms with E-state index in [2.05, 4.69) is 4.90 Å². The molecule has 2 aliphatic heterocycles. The second kappa shape index (κ2) is 4.77. The van der Waals surface area contributed by atoms with E-state index in [1.165, 1.54) is 6.42 Å². The van der Waals surface area contributed by atoms with Crippen molar-refractivity contribution in [1.82, 2.24) is 4.90 Å². The Hall–Kier alpha value is -1.69. The molecule has 0 aliphatic carbocycles. The van der Waals surface area contributed by atoms with E-state index in [0.717, 1.165) is 38.7 Å². The highest BCUT2D eigenvalue weighted by atomic mass is 19.1. The standard InChI is InChI=1S/C13H16FN3O2/c14-11-4-1-5-12(13(11)17(18)19)16-8-7-15-6-2-3-10(15)9-16/h1,4-5,10H,2-3,6-9H2. The zero-order chi connectivity index (χ0) is 13.4. The average molecular weight is 265 g/mol. The number of nitro groups is 1. The van der Waals surface area contributed by atoms with Crippen LogP contribution in [0.4, 0.5) is 15.8 Å². The summed E-state index contributed by atoms with van der Waals surface area (Å²) in [6, 6.07) is 4.79. The van der Waals surface area contributed by atoms with Crippen molar-refractivity contribution in [3.05, 3.63) is 34.1 Å². The number of hydrogen-bond acceptors (Lipinski definition) is 4. The minimum Gasteiger partial charge on any atom is -0.363 e. The molecule has 0 bridgehead atoms. The maximum Gasteiger partial charge on any atom is 0.327 e. The van der Waals surface area contributed by atoms with Gasteiger partial charge in [-0.15, -0.1) is 0 Å². The molecule has 2 fully saturated rings. The number of rotatable bonds is 2. The molecule has 1 aromatic carbocycles. The molecule has 2 heterocycles. The molecule has 0 spiro atoms. The van der Waals surface area contributed by atoms with Crippen molar-refractivity contribution in [3.63, 3.8) is 0 Å². The minimum atomic E-state index is -0.753. The third-order valence-electron chi connectivity index (χ3n) is 4.08. The van der Waals surface area contributed by atoms with Crippen molar-refractivity contribution < 1.29 is 9.31 Å². The Kier molecular flexibility index (Phi) is 3.10. The van der Waals surface area contributed by atoms with Crippen LogP contribution < -0.4 is 4.90 Å². The topological polar surface area (TPSA) is 49.6 Å². The molecule has 102 valence electrons. The monoisotopic (exact) mass is 265 g/mol. The van der Waals surface area contributed by atoms with Crippen LogP contribution in [0.15, 0.2) is 18.2 Å². The lowest BCUT2D eigenvalue weighted by Crippen LogP contribution is -2.50. The normalized spacial score (nSPS) is 23.4. The third-order valence-corrected chi connectivity index (χ3v) is 4.08. The largest absolute Gasteiger partial charge is 0.363 e. The maximum absolute atomic E-state index is 13.6. The third kappa shape index (κ3) is 2.16. The fourth-order valence-corrected chi connectivity index (χ4v) is 3.15. The maximum atomic E-state index is 13.6. The Labute approximate surface area is 110 Å². The van der Waals surface area contributed by atoms with Crippen LogP contribution in [-0.4, -0.2) is 42.0 Å². The predicted octanol–water partition coefficient (Wildman–Crippen LogP) is 2.02. The van der Waals surface area contributed by atoms with E-state index < -0.39 is 16.4 Å². The fraction of sp³-hybridized carbons (Fsp3) is 0.538. The quantitative estimate of drug-likeness (QED) is 0.606. The molecular weight excluding hydrogens is 249 g/mol. The Bertz CT molecular complexity index is 509. The van der Waals surface area contributed by atoms with Crippen LogP contribution in [0.25, 0.3) is 0 Å². The highest BCUT2D eigenvalue weighted by molar-refractivity contribution is 5.64. The Morgan fingerprint density at radius 1 is 1.32 bits per heavy atom. The van der Waals surface area contributed by atoms with E-state index in [0.29, 0.717) is 11.7 Å². The number of piperazine rings is 1. The number of hydrogen-bond donors (Lipinski definition) is 0. The Balaban J connectivity index is 1.90. The van der Waals surface area contributed by atoms with Crippen LogP contribution in [-0.2, 0) is 0 Å². The molecular formula is C13H16FN3O2. The molecule has 1 atom stereocenters. The van der Waals surface area contributed by atoms with E-state index in [1.54, 1.807) is 12.1 Å². The summed E-state index contributed by atoms with van der Waals surface area (Å²) < 4.78 is 13.6. The second-order valence-corrected chi connectivity index (χ2v) is 5.14. The molecule has 1 unspecified atom stereocenters. The molecule has 0 aromatic heterocycles. The van der Waals surface area contributed by atoms with E-state index in [1.807, 2.05) is 4.90 Å². The summed E-state index contributed by atoms with van der Waals surface area (Å²) in [5.74, 6) is -0.753. The van der Waals surface area contributed by atoms with Crippen LogP contribution in [0.2, 0.25) is 0 Å². The zero-order valence-corrected chi connectivity index (χ0v) is 10.6. The molecule has 0 saturated carbocycles. The number of anilines is 1. The molecule has 3 rings (SSSR count). The molecule has 0 amide bonds. The molecule has 1 aromatic rings. The van der Waals surface area contributed by atoms with Gasteiger partial charge in [0.25, 0.3) is 0 Å². The number of fused-ring (bicyclic) bond motifs is 1. The number of halogens is 1. The Morgan fingerprint density at radius 2 is 2.16 bits per heavy atom. The first-order valence-electron chi connectivity index (χ1n) is 6.58. The van der Waals surface area contributed by atoms with Crippen molar-refractivity contribution in [2.45, 2.75) is 18.9 Å². The van der Waals surface area contributed by atoms with Gasteiger partial charge in [-0.2, -0.15) is 4.39 Å². The highest BCUT2D eigenvalue weighted by Crippen LogP contribution is 2.33. The summed E-state index contributed by atoms with van der Waals surface area (Å²) in [4.78, 5) is 14.8. The van der Waals surface area contributed by atoms with Gasteiger partial charge in [0.1, 0.15) is 5.69 Å². The van der Waals surface area contributed by atoms with Gasteiger partial charge in [0.2, 0.25) is 5.82 Å². The van der Waals surface area contributed by atoms with Crippen molar-refractivity contribution >= 4 is 11.4 Å². The first-order chi connectivity index (χ1) is 9.16. The van der Waals surface area contributed by atoms with Crippen molar-refractivity contribution in [2.75, 3.05) is 31.1 Å². The van der Waals surface area contributed by atoms with Gasteiger partial charge in [-0.25, -0.2) is 0 Å². The van der Waals surface area contributed by atoms with Crippen LogP contribution in [0.5, 0.6) is 0 Å². The molecule has 6 heteroatoms. The van der Waals surface area contributed by atoms with E-state index in [9.17, 15) is 14.5 Å². The summed E-state index contributed by atoms with van der Waals surface area (Å²) in [6.45, 7) is 3.49. The van der Waals surface area contributed by atoms with Gasteiger partial charge in [0.15, 0.2) is 0 Å². The fourth-order valence-electron chi connectivity index (χ4n) is 3.15. The molecule has 0 N–H and O–H groups in total. The van der Waals surface area contributed by atoms with Gasteiger partial charge in [-0.3, -0.25) is 15.0 Å². The second-order valence-electron chi connectivity index (χ2n) is 5.14. The number of para-hydroxylation sites is 1. The number of nitrogens with zero attached hydrogens (tertiary/aromatic N) is 3. The molecule has 0 radical (unpaired) electrons. The van der Waals surface area contributed by atoms with E-state index in [4.69, 9.17) is 0 Å². The molecule has 19 heavy (non-hydrogen) atoms. The van der Waals surface area contributed by atoms with Gasteiger partial charge in [0, 0.05) is 25.7 Å². The summed E-state index contributed by atoms with van der Waals surface area (Å²) in [7, 11) is 0. The average Bonchev–Trinajstić information content (AvgIpc) is 2.85. The summed E-state index contributed by atoms with van der Waals surface area (Å²) in [5, 5.41) is 11.0.